The predicted octanol–water partition coefficient (Wildman–Crippen LogP) is 3.21. The second kappa shape index (κ2) is 8.36. The van der Waals surface area contributed by atoms with E-state index in [-0.39, 0.29) is 29.2 Å². The first-order valence-corrected chi connectivity index (χ1v) is 7.75. The molecule has 0 fully saturated rings. The number of aliphatic hydroxyl groups is 1. The summed E-state index contributed by atoms with van der Waals surface area (Å²) in [5.41, 5.74) is 0.357. The third-order valence-corrected chi connectivity index (χ3v) is 3.84. The summed E-state index contributed by atoms with van der Waals surface area (Å²) in [5.74, 6) is -0.000373. The number of hydrogen-bond donors (Lipinski definition) is 2. The molecule has 122 valence electrons. The Balaban J connectivity index is 1.82. The number of aromatic nitrogens is 1. The Hall–Kier alpha value is -1.53. The number of nitrogens with one attached hydrogen (secondary N) is 1. The molecule has 1 aromatic heterocycles. The van der Waals surface area contributed by atoms with Crippen LogP contribution in [-0.2, 0) is 0 Å². The minimum Gasteiger partial charge on any atom is -0.489 e. The van der Waals surface area contributed by atoms with Crippen LogP contribution in [0, 0.1) is 0 Å². The predicted molar refractivity (Wildman–Crippen MR) is 89.5 cm³/mol. The Kier molecular flexibility index (Phi) is 6.47. The van der Waals surface area contributed by atoms with Crippen LogP contribution in [-0.4, -0.2) is 35.3 Å². The first-order valence-electron chi connectivity index (χ1n) is 6.62. The fraction of sp³-hybridized carbons (Fsp3) is 0.200. The summed E-state index contributed by atoms with van der Waals surface area (Å²) in [5, 5.41) is 13.3. The summed E-state index contributed by atoms with van der Waals surface area (Å²) in [6, 6.07) is 7.91. The van der Waals surface area contributed by atoms with Crippen molar-refractivity contribution in [1.29, 1.82) is 0 Å². The van der Waals surface area contributed by atoms with Crippen molar-refractivity contribution < 1.29 is 14.6 Å². The first kappa shape index (κ1) is 17.8. The zero-order valence-electron chi connectivity index (χ0n) is 11.8. The maximum absolute atomic E-state index is 11.9. The molecule has 5 nitrogen and oxygen atoms in total. The SMILES string of the molecule is O=C(NCC(O)COc1cccc(Cl)c1Cl)c1ccnc(Cl)c1. The van der Waals surface area contributed by atoms with Gasteiger partial charge in [-0.3, -0.25) is 4.79 Å². The highest BCUT2D eigenvalue weighted by Gasteiger charge is 2.12. The van der Waals surface area contributed by atoms with Crippen LogP contribution < -0.4 is 10.1 Å². The van der Waals surface area contributed by atoms with E-state index in [1.807, 2.05) is 0 Å². The topological polar surface area (TPSA) is 71.5 Å². The van der Waals surface area contributed by atoms with Gasteiger partial charge in [-0.2, -0.15) is 0 Å². The van der Waals surface area contributed by atoms with E-state index in [1.54, 1.807) is 18.2 Å². The van der Waals surface area contributed by atoms with Gasteiger partial charge in [-0.05, 0) is 24.3 Å². The van der Waals surface area contributed by atoms with Crippen LogP contribution >= 0.6 is 34.8 Å². The second-order valence-electron chi connectivity index (χ2n) is 4.59. The van der Waals surface area contributed by atoms with E-state index in [0.29, 0.717) is 16.3 Å². The third-order valence-electron chi connectivity index (χ3n) is 2.83. The smallest absolute Gasteiger partial charge is 0.251 e. The van der Waals surface area contributed by atoms with Gasteiger partial charge in [-0.1, -0.05) is 40.9 Å². The summed E-state index contributed by atoms with van der Waals surface area (Å²) in [6.45, 7) is -0.0333. The van der Waals surface area contributed by atoms with Crippen LogP contribution in [0.4, 0.5) is 0 Å². The zero-order valence-corrected chi connectivity index (χ0v) is 14.1. The molecular weight excluding hydrogens is 363 g/mol. The van der Waals surface area contributed by atoms with Gasteiger partial charge >= 0.3 is 0 Å². The van der Waals surface area contributed by atoms with Crippen molar-refractivity contribution in [2.45, 2.75) is 6.10 Å². The number of aliphatic hydroxyl groups excluding tert-OH is 1. The molecular formula is C15H13Cl3N2O3. The lowest BCUT2D eigenvalue weighted by Gasteiger charge is -2.14. The van der Waals surface area contributed by atoms with Crippen LogP contribution in [0.2, 0.25) is 15.2 Å². The molecule has 1 aromatic carbocycles. The summed E-state index contributed by atoms with van der Waals surface area (Å²) in [4.78, 5) is 15.7. The van der Waals surface area contributed by atoms with E-state index in [1.165, 1.54) is 18.3 Å². The largest absolute Gasteiger partial charge is 0.489 e. The van der Waals surface area contributed by atoms with Gasteiger partial charge in [-0.15, -0.1) is 0 Å². The molecule has 1 heterocycles. The van der Waals surface area contributed by atoms with Crippen molar-refractivity contribution in [1.82, 2.24) is 10.3 Å². The van der Waals surface area contributed by atoms with Gasteiger partial charge in [0.15, 0.2) is 0 Å². The van der Waals surface area contributed by atoms with Gasteiger partial charge in [0.1, 0.15) is 28.6 Å². The summed E-state index contributed by atoms with van der Waals surface area (Å²) in [6.07, 6.45) is 0.518. The highest BCUT2D eigenvalue weighted by molar-refractivity contribution is 6.42. The monoisotopic (exact) mass is 374 g/mol. The van der Waals surface area contributed by atoms with E-state index in [9.17, 15) is 9.90 Å². The fourth-order valence-corrected chi connectivity index (χ4v) is 2.22. The molecule has 0 aliphatic carbocycles. The highest BCUT2D eigenvalue weighted by Crippen LogP contribution is 2.31. The maximum Gasteiger partial charge on any atom is 0.251 e. The molecule has 0 saturated carbocycles. The Morgan fingerprint density at radius 3 is 2.83 bits per heavy atom. The van der Waals surface area contributed by atoms with Crippen LogP contribution in [0.15, 0.2) is 36.5 Å². The van der Waals surface area contributed by atoms with Gasteiger partial charge < -0.3 is 15.2 Å². The van der Waals surface area contributed by atoms with Crippen molar-refractivity contribution in [3.8, 4) is 5.75 Å². The molecule has 8 heteroatoms. The van der Waals surface area contributed by atoms with Crippen molar-refractivity contribution in [2.75, 3.05) is 13.2 Å². The van der Waals surface area contributed by atoms with Gasteiger partial charge in [0.2, 0.25) is 0 Å². The van der Waals surface area contributed by atoms with Crippen molar-refractivity contribution in [3.63, 3.8) is 0 Å². The van der Waals surface area contributed by atoms with Crippen LogP contribution in [0.25, 0.3) is 0 Å². The number of carbonyl (C=O) groups is 1. The van der Waals surface area contributed by atoms with Crippen molar-refractivity contribution in [2.24, 2.45) is 0 Å². The van der Waals surface area contributed by atoms with Crippen molar-refractivity contribution in [3.05, 3.63) is 57.3 Å². The average molecular weight is 376 g/mol. The molecule has 0 spiro atoms. The molecule has 23 heavy (non-hydrogen) atoms. The molecule has 0 radical (unpaired) electrons. The lowest BCUT2D eigenvalue weighted by atomic mass is 10.2. The quantitative estimate of drug-likeness (QED) is 0.761. The molecule has 2 N–H and O–H groups in total. The Bertz CT molecular complexity index is 697. The molecule has 0 aliphatic heterocycles. The minimum atomic E-state index is -0.911. The van der Waals surface area contributed by atoms with Crippen LogP contribution in [0.5, 0.6) is 5.75 Å². The number of nitrogens with zero attached hydrogens (tertiary/aromatic N) is 1. The highest BCUT2D eigenvalue weighted by atomic mass is 35.5. The molecule has 0 bridgehead atoms. The minimum absolute atomic E-state index is 0.0109. The second-order valence-corrected chi connectivity index (χ2v) is 5.77. The van der Waals surface area contributed by atoms with Gasteiger partial charge in [-0.25, -0.2) is 4.98 Å². The summed E-state index contributed by atoms with van der Waals surface area (Å²) < 4.78 is 5.39. The van der Waals surface area contributed by atoms with E-state index in [2.05, 4.69) is 10.3 Å². The lowest BCUT2D eigenvalue weighted by Crippen LogP contribution is -2.35. The van der Waals surface area contributed by atoms with Crippen molar-refractivity contribution >= 4 is 40.7 Å². The van der Waals surface area contributed by atoms with Gasteiger partial charge in [0, 0.05) is 18.3 Å². The number of halogens is 3. The van der Waals surface area contributed by atoms with Gasteiger partial charge in [0.05, 0.1) is 5.02 Å². The first-order chi connectivity index (χ1) is 11.0. The Labute approximate surface area is 148 Å². The van der Waals surface area contributed by atoms with E-state index in [0.717, 1.165) is 0 Å². The van der Waals surface area contributed by atoms with E-state index in [4.69, 9.17) is 39.5 Å². The van der Waals surface area contributed by atoms with Gasteiger partial charge in [0.25, 0.3) is 5.91 Å². The summed E-state index contributed by atoms with van der Waals surface area (Å²) >= 11 is 17.6. The van der Waals surface area contributed by atoms with Crippen LogP contribution in [0.3, 0.4) is 0 Å². The number of rotatable bonds is 6. The molecule has 1 unspecified atom stereocenters. The zero-order chi connectivity index (χ0) is 16.8. The molecule has 2 rings (SSSR count). The third kappa shape index (κ3) is 5.25. The molecule has 2 aromatic rings. The van der Waals surface area contributed by atoms with E-state index >= 15 is 0 Å². The standard InChI is InChI=1S/C15H13Cl3N2O3/c16-11-2-1-3-12(14(11)18)23-8-10(21)7-20-15(22)9-4-5-19-13(17)6-9/h1-6,10,21H,7-8H2,(H,20,22). The number of amides is 1. The normalized spacial score (nSPS) is 11.8. The Morgan fingerprint density at radius 1 is 1.30 bits per heavy atom. The molecule has 1 amide bonds. The maximum atomic E-state index is 11.9. The molecule has 0 aliphatic rings. The fourth-order valence-electron chi connectivity index (χ4n) is 1.70. The summed E-state index contributed by atoms with van der Waals surface area (Å²) in [7, 11) is 0. The molecule has 0 saturated heterocycles. The van der Waals surface area contributed by atoms with Crippen LogP contribution in [0.1, 0.15) is 10.4 Å². The number of benzene rings is 1. The van der Waals surface area contributed by atoms with E-state index < -0.39 is 6.10 Å². The number of hydrogen-bond acceptors (Lipinski definition) is 4. The number of carbonyl (C=O) groups excluding carboxylic acids is 1. The average Bonchev–Trinajstić information content (AvgIpc) is 2.54. The Morgan fingerprint density at radius 2 is 2.09 bits per heavy atom. The number of pyridine rings is 1. The lowest BCUT2D eigenvalue weighted by molar-refractivity contribution is 0.0844. The molecule has 1 atom stereocenters. The number of ether oxygens (including phenoxy) is 1.